The first-order valence-corrected chi connectivity index (χ1v) is 6.07. The lowest BCUT2D eigenvalue weighted by Gasteiger charge is -2.04. The van der Waals surface area contributed by atoms with Gasteiger partial charge in [-0.05, 0) is 24.3 Å². The largest absolute Gasteiger partial charge is 0.497 e. The average molecular weight is 275 g/mol. The second kappa shape index (κ2) is 4.51. The van der Waals surface area contributed by atoms with Crippen LogP contribution in [0.2, 0.25) is 5.02 Å². The highest BCUT2D eigenvalue weighted by Crippen LogP contribution is 2.31. The van der Waals surface area contributed by atoms with Gasteiger partial charge in [0.15, 0.2) is 0 Å². The number of fused-ring (bicyclic) bond motifs is 1. The first-order chi connectivity index (χ1) is 9.19. The van der Waals surface area contributed by atoms with E-state index in [9.17, 15) is 0 Å². The fourth-order valence-electron chi connectivity index (χ4n) is 1.91. The highest BCUT2D eigenvalue weighted by atomic mass is 35.5. The van der Waals surface area contributed by atoms with E-state index < -0.39 is 0 Å². The standard InChI is InChI=1S/C13H11ClN4O/c1-18-7-10-11(14)12(15-16-13(10)17-18)8-3-5-9(19-2)6-4-8/h3-7H,1-2H3. The van der Waals surface area contributed by atoms with Crippen LogP contribution in [0.5, 0.6) is 5.75 Å². The monoisotopic (exact) mass is 274 g/mol. The van der Waals surface area contributed by atoms with Gasteiger partial charge in [0, 0.05) is 18.8 Å². The predicted molar refractivity (Wildman–Crippen MR) is 73.3 cm³/mol. The van der Waals surface area contributed by atoms with E-state index in [0.717, 1.165) is 16.7 Å². The number of methoxy groups -OCH3 is 1. The lowest BCUT2D eigenvalue weighted by atomic mass is 10.1. The summed E-state index contributed by atoms with van der Waals surface area (Å²) in [6, 6.07) is 7.52. The molecule has 3 aromatic rings. The van der Waals surface area contributed by atoms with Gasteiger partial charge in [0.1, 0.15) is 11.4 Å². The zero-order chi connectivity index (χ0) is 13.4. The van der Waals surface area contributed by atoms with Gasteiger partial charge in [-0.3, -0.25) is 4.68 Å². The minimum Gasteiger partial charge on any atom is -0.497 e. The van der Waals surface area contributed by atoms with Crippen molar-refractivity contribution in [3.05, 3.63) is 35.5 Å². The van der Waals surface area contributed by atoms with Crippen LogP contribution in [0.4, 0.5) is 0 Å². The quantitative estimate of drug-likeness (QED) is 0.721. The van der Waals surface area contributed by atoms with E-state index in [2.05, 4.69) is 15.3 Å². The number of benzene rings is 1. The van der Waals surface area contributed by atoms with Crippen molar-refractivity contribution in [2.24, 2.45) is 7.05 Å². The predicted octanol–water partition coefficient (Wildman–Crippen LogP) is 2.69. The van der Waals surface area contributed by atoms with E-state index in [1.165, 1.54) is 0 Å². The molecule has 0 amide bonds. The summed E-state index contributed by atoms with van der Waals surface area (Å²) in [5.74, 6) is 0.787. The van der Waals surface area contributed by atoms with Crippen molar-refractivity contribution in [1.82, 2.24) is 20.0 Å². The molecule has 2 heterocycles. The fourth-order valence-corrected chi connectivity index (χ4v) is 2.19. The normalized spacial score (nSPS) is 10.9. The lowest BCUT2D eigenvalue weighted by molar-refractivity contribution is 0.415. The third-order valence-corrected chi connectivity index (χ3v) is 3.24. The Morgan fingerprint density at radius 1 is 1.16 bits per heavy atom. The summed E-state index contributed by atoms with van der Waals surface area (Å²) >= 11 is 6.38. The molecular weight excluding hydrogens is 264 g/mol. The van der Waals surface area contributed by atoms with E-state index >= 15 is 0 Å². The molecule has 19 heavy (non-hydrogen) atoms. The SMILES string of the molecule is COc1ccc(-c2nnc3nn(C)cc3c2Cl)cc1. The molecule has 0 saturated carbocycles. The molecule has 6 heteroatoms. The molecule has 0 radical (unpaired) electrons. The molecule has 0 spiro atoms. The smallest absolute Gasteiger partial charge is 0.204 e. The van der Waals surface area contributed by atoms with Crippen molar-refractivity contribution < 1.29 is 4.74 Å². The fraction of sp³-hybridized carbons (Fsp3) is 0.154. The molecule has 0 atom stereocenters. The number of hydrogen-bond acceptors (Lipinski definition) is 4. The maximum atomic E-state index is 6.38. The van der Waals surface area contributed by atoms with Crippen LogP contribution in [0.25, 0.3) is 22.3 Å². The second-order valence-electron chi connectivity index (χ2n) is 4.13. The molecule has 2 aromatic heterocycles. The maximum absolute atomic E-state index is 6.38. The second-order valence-corrected chi connectivity index (χ2v) is 4.51. The van der Waals surface area contributed by atoms with E-state index in [1.807, 2.05) is 37.5 Å². The van der Waals surface area contributed by atoms with Crippen molar-refractivity contribution in [1.29, 1.82) is 0 Å². The summed E-state index contributed by atoms with van der Waals surface area (Å²) in [5.41, 5.74) is 2.08. The zero-order valence-corrected chi connectivity index (χ0v) is 11.2. The van der Waals surface area contributed by atoms with Crippen LogP contribution >= 0.6 is 11.6 Å². The number of rotatable bonds is 2. The average Bonchev–Trinajstić information content (AvgIpc) is 2.81. The summed E-state index contributed by atoms with van der Waals surface area (Å²) in [5, 5.41) is 13.8. The Labute approximate surface area is 114 Å². The zero-order valence-electron chi connectivity index (χ0n) is 10.5. The molecule has 0 unspecified atom stereocenters. The molecule has 5 nitrogen and oxygen atoms in total. The van der Waals surface area contributed by atoms with Crippen LogP contribution in [0.1, 0.15) is 0 Å². The van der Waals surface area contributed by atoms with Gasteiger partial charge in [0.2, 0.25) is 5.65 Å². The molecule has 1 aromatic carbocycles. The van der Waals surface area contributed by atoms with Crippen LogP contribution in [-0.2, 0) is 7.05 Å². The third kappa shape index (κ3) is 2.02. The van der Waals surface area contributed by atoms with Gasteiger partial charge in [-0.1, -0.05) is 11.6 Å². The lowest BCUT2D eigenvalue weighted by Crippen LogP contribution is -1.91. The Hall–Kier alpha value is -2.14. The number of aromatic nitrogens is 4. The van der Waals surface area contributed by atoms with Crippen molar-refractivity contribution in [2.75, 3.05) is 7.11 Å². The topological polar surface area (TPSA) is 52.8 Å². The number of hydrogen-bond donors (Lipinski definition) is 0. The maximum Gasteiger partial charge on any atom is 0.204 e. The first kappa shape index (κ1) is 11.9. The molecule has 0 fully saturated rings. The van der Waals surface area contributed by atoms with Crippen molar-refractivity contribution in [3.8, 4) is 17.0 Å². The Balaban J connectivity index is 2.15. The molecular formula is C13H11ClN4O. The van der Waals surface area contributed by atoms with Crippen molar-refractivity contribution in [2.45, 2.75) is 0 Å². The van der Waals surface area contributed by atoms with Crippen LogP contribution in [0.15, 0.2) is 30.5 Å². The number of aryl methyl sites for hydroxylation is 1. The van der Waals surface area contributed by atoms with Crippen LogP contribution in [-0.4, -0.2) is 27.1 Å². The Morgan fingerprint density at radius 3 is 2.58 bits per heavy atom. The Morgan fingerprint density at radius 2 is 1.89 bits per heavy atom. The summed E-state index contributed by atoms with van der Waals surface area (Å²) in [4.78, 5) is 0. The summed E-state index contributed by atoms with van der Waals surface area (Å²) < 4.78 is 6.80. The van der Waals surface area contributed by atoms with Crippen LogP contribution in [0.3, 0.4) is 0 Å². The first-order valence-electron chi connectivity index (χ1n) is 5.69. The minimum absolute atomic E-state index is 0.546. The highest BCUT2D eigenvalue weighted by molar-refractivity contribution is 6.37. The molecule has 0 N–H and O–H groups in total. The molecule has 96 valence electrons. The highest BCUT2D eigenvalue weighted by Gasteiger charge is 2.13. The van der Waals surface area contributed by atoms with E-state index in [1.54, 1.807) is 11.8 Å². The number of ether oxygens (including phenoxy) is 1. The van der Waals surface area contributed by atoms with Crippen LogP contribution in [0, 0.1) is 0 Å². The summed E-state index contributed by atoms with van der Waals surface area (Å²) in [7, 11) is 3.45. The molecule has 0 saturated heterocycles. The third-order valence-electron chi connectivity index (χ3n) is 2.86. The summed E-state index contributed by atoms with van der Waals surface area (Å²) in [6.07, 6.45) is 1.83. The van der Waals surface area contributed by atoms with E-state index in [4.69, 9.17) is 16.3 Å². The molecule has 0 aliphatic carbocycles. The van der Waals surface area contributed by atoms with Gasteiger partial charge in [-0.15, -0.1) is 10.2 Å². The van der Waals surface area contributed by atoms with E-state index in [0.29, 0.717) is 16.4 Å². The molecule has 0 bridgehead atoms. The van der Waals surface area contributed by atoms with Crippen LogP contribution < -0.4 is 4.74 Å². The van der Waals surface area contributed by atoms with Gasteiger partial charge in [0.05, 0.1) is 17.5 Å². The number of nitrogens with zero attached hydrogens (tertiary/aromatic N) is 4. The Bertz CT molecular complexity index is 736. The minimum atomic E-state index is 0.546. The van der Waals surface area contributed by atoms with Crippen molar-refractivity contribution in [3.63, 3.8) is 0 Å². The van der Waals surface area contributed by atoms with Gasteiger partial charge in [-0.2, -0.15) is 5.10 Å². The molecule has 0 aliphatic heterocycles. The van der Waals surface area contributed by atoms with Gasteiger partial charge < -0.3 is 4.74 Å². The van der Waals surface area contributed by atoms with E-state index in [-0.39, 0.29) is 0 Å². The van der Waals surface area contributed by atoms with Gasteiger partial charge in [-0.25, -0.2) is 0 Å². The van der Waals surface area contributed by atoms with Crippen molar-refractivity contribution >= 4 is 22.6 Å². The Kier molecular flexibility index (Phi) is 2.83. The number of halogens is 1. The molecule has 0 aliphatic rings. The van der Waals surface area contributed by atoms with Gasteiger partial charge >= 0.3 is 0 Å². The van der Waals surface area contributed by atoms with Gasteiger partial charge in [0.25, 0.3) is 0 Å². The molecule has 3 rings (SSSR count). The summed E-state index contributed by atoms with van der Waals surface area (Å²) in [6.45, 7) is 0.